The maximum atomic E-state index is 12.0. The first-order valence-corrected chi connectivity index (χ1v) is 11.8. The van der Waals surface area contributed by atoms with E-state index in [0.717, 1.165) is 41.5 Å². The smallest absolute Gasteiger partial charge is 0.245 e. The molecule has 0 aliphatic carbocycles. The molecule has 1 amide bonds. The van der Waals surface area contributed by atoms with Crippen molar-refractivity contribution < 1.29 is 4.79 Å². The molecule has 2 aliphatic heterocycles. The summed E-state index contributed by atoms with van der Waals surface area (Å²) in [6, 6.07) is 6.39. The molecule has 0 radical (unpaired) electrons. The molecule has 2 saturated heterocycles. The van der Waals surface area contributed by atoms with Crippen molar-refractivity contribution in [3.8, 4) is 28.8 Å². The molecule has 2 fully saturated rings. The number of aromatic amines is 1. The molecule has 0 bridgehead atoms. The van der Waals surface area contributed by atoms with Crippen molar-refractivity contribution in [1.82, 2.24) is 34.6 Å². The fourth-order valence-electron chi connectivity index (χ4n) is 5.47. The molecule has 5 heterocycles. The zero-order valence-corrected chi connectivity index (χ0v) is 20.2. The predicted octanol–water partition coefficient (Wildman–Crippen LogP) is 2.83. The summed E-state index contributed by atoms with van der Waals surface area (Å²) >= 11 is 0. The standard InChI is InChI=1S/C26H25N9O/c1-4-21(36)35-13-26(14-35)7-8-34(12-26)25-17(9-27)23(30-24(31-25)20-11-33(3)15-28-20)22-16(2)5-6-19-18(22)10-29-32-19/h4-6,10-11,15H,1,7-8,12-14H2,2-3H3,(H,29,32). The first-order valence-electron chi connectivity index (χ1n) is 11.8. The summed E-state index contributed by atoms with van der Waals surface area (Å²) in [4.78, 5) is 30.3. The van der Waals surface area contributed by atoms with Crippen LogP contribution in [0.2, 0.25) is 0 Å². The van der Waals surface area contributed by atoms with E-state index in [1.165, 1.54) is 6.08 Å². The van der Waals surface area contributed by atoms with Crippen LogP contribution in [0.25, 0.3) is 33.7 Å². The highest BCUT2D eigenvalue weighted by Gasteiger charge is 2.49. The SMILES string of the molecule is C=CC(=O)N1CC2(CCN(c3nc(-c4cn(C)cn4)nc(-c4c(C)ccc5[nH]ncc45)c3C#N)C2)C1. The highest BCUT2D eigenvalue weighted by Crippen LogP contribution is 2.43. The third-order valence-corrected chi connectivity index (χ3v) is 7.28. The van der Waals surface area contributed by atoms with Crippen molar-refractivity contribution in [2.45, 2.75) is 13.3 Å². The second-order valence-corrected chi connectivity index (χ2v) is 9.79. The predicted molar refractivity (Wildman–Crippen MR) is 135 cm³/mol. The molecule has 2 aliphatic rings. The Bertz CT molecular complexity index is 1570. The summed E-state index contributed by atoms with van der Waals surface area (Å²) in [7, 11) is 1.90. The molecule has 1 spiro atoms. The molecule has 36 heavy (non-hydrogen) atoms. The van der Waals surface area contributed by atoms with E-state index in [4.69, 9.17) is 9.97 Å². The number of carbonyl (C=O) groups is 1. The van der Waals surface area contributed by atoms with E-state index in [-0.39, 0.29) is 11.3 Å². The molecule has 10 nitrogen and oxygen atoms in total. The molecule has 4 aromatic rings. The van der Waals surface area contributed by atoms with E-state index in [9.17, 15) is 10.1 Å². The number of hydrogen-bond donors (Lipinski definition) is 1. The number of H-pyrrole nitrogens is 1. The highest BCUT2D eigenvalue weighted by atomic mass is 16.2. The lowest BCUT2D eigenvalue weighted by Gasteiger charge is -2.47. The van der Waals surface area contributed by atoms with Gasteiger partial charge in [0.05, 0.1) is 23.7 Å². The van der Waals surface area contributed by atoms with Crippen LogP contribution in [0.15, 0.2) is 43.5 Å². The van der Waals surface area contributed by atoms with E-state index in [1.807, 2.05) is 41.8 Å². The number of hydrogen-bond acceptors (Lipinski definition) is 7. The number of benzene rings is 1. The number of rotatable bonds is 4. The van der Waals surface area contributed by atoms with E-state index < -0.39 is 0 Å². The lowest BCUT2D eigenvalue weighted by molar-refractivity contribution is -0.136. The van der Waals surface area contributed by atoms with Crippen molar-refractivity contribution in [2.75, 3.05) is 31.1 Å². The van der Waals surface area contributed by atoms with Crippen LogP contribution in [0.5, 0.6) is 0 Å². The van der Waals surface area contributed by atoms with Crippen LogP contribution in [-0.4, -0.2) is 66.7 Å². The van der Waals surface area contributed by atoms with Crippen LogP contribution in [-0.2, 0) is 11.8 Å². The Morgan fingerprint density at radius 2 is 2.11 bits per heavy atom. The first kappa shape index (κ1) is 22.0. The van der Waals surface area contributed by atoms with E-state index >= 15 is 0 Å². The average Bonchev–Trinajstić information content (AvgIpc) is 3.61. The molecule has 0 atom stereocenters. The van der Waals surface area contributed by atoms with E-state index in [0.29, 0.717) is 41.7 Å². The Labute approximate surface area is 207 Å². The quantitative estimate of drug-likeness (QED) is 0.447. The maximum absolute atomic E-state index is 12.0. The number of imidazole rings is 1. The molecule has 180 valence electrons. The molecule has 3 aromatic heterocycles. The summed E-state index contributed by atoms with van der Waals surface area (Å²) in [6.07, 6.45) is 7.64. The molecule has 0 unspecified atom stereocenters. The summed E-state index contributed by atoms with van der Waals surface area (Å²) < 4.78 is 1.85. The number of nitriles is 1. The molecular weight excluding hydrogens is 454 g/mol. The Balaban J connectivity index is 1.49. The highest BCUT2D eigenvalue weighted by molar-refractivity contribution is 5.97. The van der Waals surface area contributed by atoms with Gasteiger partial charge in [0.25, 0.3) is 0 Å². The summed E-state index contributed by atoms with van der Waals surface area (Å²) in [5.74, 6) is 1.04. The normalized spacial score (nSPS) is 16.4. The van der Waals surface area contributed by atoms with Crippen molar-refractivity contribution in [1.29, 1.82) is 5.26 Å². The van der Waals surface area contributed by atoms with Crippen molar-refractivity contribution in [3.63, 3.8) is 0 Å². The Hall–Kier alpha value is -4.52. The van der Waals surface area contributed by atoms with Crippen LogP contribution in [0.1, 0.15) is 17.5 Å². The molecule has 10 heteroatoms. The van der Waals surface area contributed by atoms with Gasteiger partial charge in [-0.1, -0.05) is 12.6 Å². The van der Waals surface area contributed by atoms with Gasteiger partial charge in [-0.05, 0) is 31.1 Å². The summed E-state index contributed by atoms with van der Waals surface area (Å²) in [5, 5.41) is 18.5. The Kier molecular flexibility index (Phi) is 4.89. The summed E-state index contributed by atoms with van der Waals surface area (Å²) in [6.45, 7) is 8.45. The number of likely N-dealkylation sites (tertiary alicyclic amines) is 1. The Morgan fingerprint density at radius 3 is 2.83 bits per heavy atom. The number of amides is 1. The maximum Gasteiger partial charge on any atom is 0.245 e. The van der Waals surface area contributed by atoms with Crippen LogP contribution in [0.3, 0.4) is 0 Å². The number of carbonyl (C=O) groups excluding carboxylic acids is 1. The topological polar surface area (TPSA) is 120 Å². The van der Waals surface area contributed by atoms with Gasteiger partial charge in [0.2, 0.25) is 5.91 Å². The first-order chi connectivity index (χ1) is 17.4. The minimum Gasteiger partial charge on any atom is -0.355 e. The largest absolute Gasteiger partial charge is 0.355 e. The monoisotopic (exact) mass is 479 g/mol. The number of anilines is 1. The second kappa shape index (κ2) is 8.02. The molecule has 1 aromatic carbocycles. The number of nitrogens with zero attached hydrogens (tertiary/aromatic N) is 8. The zero-order chi connectivity index (χ0) is 25.0. The number of aryl methyl sites for hydroxylation is 2. The van der Waals surface area contributed by atoms with Gasteiger partial charge >= 0.3 is 0 Å². The van der Waals surface area contributed by atoms with Gasteiger partial charge in [0.1, 0.15) is 17.3 Å². The van der Waals surface area contributed by atoms with Gasteiger partial charge in [0, 0.05) is 55.8 Å². The summed E-state index contributed by atoms with van der Waals surface area (Å²) in [5.41, 5.74) is 4.38. The van der Waals surface area contributed by atoms with Crippen molar-refractivity contribution >= 4 is 22.6 Å². The molecular formula is C26H25N9O. The van der Waals surface area contributed by atoms with Gasteiger partial charge in [-0.3, -0.25) is 9.89 Å². The number of nitrogens with one attached hydrogen (secondary N) is 1. The van der Waals surface area contributed by atoms with E-state index in [2.05, 4.69) is 32.7 Å². The van der Waals surface area contributed by atoms with Crippen LogP contribution in [0.4, 0.5) is 5.82 Å². The fraction of sp³-hybridized carbons (Fsp3) is 0.308. The molecule has 6 rings (SSSR count). The minimum absolute atomic E-state index is 0.00214. The average molecular weight is 480 g/mol. The third kappa shape index (κ3) is 3.35. The zero-order valence-electron chi connectivity index (χ0n) is 20.2. The lowest BCUT2D eigenvalue weighted by Crippen LogP contribution is -2.59. The second-order valence-electron chi connectivity index (χ2n) is 9.79. The lowest BCUT2D eigenvalue weighted by atomic mass is 9.79. The van der Waals surface area contributed by atoms with Crippen molar-refractivity contribution in [2.24, 2.45) is 12.5 Å². The molecule has 0 saturated carbocycles. The van der Waals surface area contributed by atoms with E-state index in [1.54, 1.807) is 12.5 Å². The van der Waals surface area contributed by atoms with Gasteiger partial charge in [-0.15, -0.1) is 0 Å². The van der Waals surface area contributed by atoms with Gasteiger partial charge in [0.15, 0.2) is 11.6 Å². The van der Waals surface area contributed by atoms with Gasteiger partial charge in [-0.2, -0.15) is 10.4 Å². The van der Waals surface area contributed by atoms with Crippen molar-refractivity contribution in [3.05, 3.63) is 54.6 Å². The van der Waals surface area contributed by atoms with Crippen LogP contribution in [0, 0.1) is 23.7 Å². The molecule has 1 N–H and O–H groups in total. The van der Waals surface area contributed by atoms with Gasteiger partial charge < -0.3 is 14.4 Å². The fourth-order valence-corrected chi connectivity index (χ4v) is 5.47. The van der Waals surface area contributed by atoms with Crippen LogP contribution >= 0.6 is 0 Å². The number of aromatic nitrogens is 6. The minimum atomic E-state index is -0.0396. The Morgan fingerprint density at radius 1 is 1.28 bits per heavy atom. The van der Waals surface area contributed by atoms with Gasteiger partial charge in [-0.25, -0.2) is 15.0 Å². The van der Waals surface area contributed by atoms with Crippen LogP contribution < -0.4 is 4.90 Å². The third-order valence-electron chi connectivity index (χ3n) is 7.28. The number of fused-ring (bicyclic) bond motifs is 1.